The van der Waals surface area contributed by atoms with Gasteiger partial charge in [0.15, 0.2) is 0 Å². The van der Waals surface area contributed by atoms with Gasteiger partial charge in [0.1, 0.15) is 4.32 Å². The van der Waals surface area contributed by atoms with Crippen LogP contribution in [0.3, 0.4) is 0 Å². The number of carbonyl (C=O) groups excluding carboxylic acids is 1. The fourth-order valence-corrected chi connectivity index (χ4v) is 4.49. The molecule has 0 aliphatic carbocycles. The van der Waals surface area contributed by atoms with Gasteiger partial charge in [-0.3, -0.25) is 9.69 Å². The molecule has 3 aromatic carbocycles. The van der Waals surface area contributed by atoms with E-state index >= 15 is 0 Å². The number of thiocarbonyl (C=S) groups is 1. The molecular formula is C20H15NOS2. The van der Waals surface area contributed by atoms with Crippen molar-refractivity contribution in [1.82, 2.24) is 4.90 Å². The lowest BCUT2D eigenvalue weighted by Crippen LogP contribution is -2.27. The zero-order valence-electron chi connectivity index (χ0n) is 13.2. The summed E-state index contributed by atoms with van der Waals surface area (Å²) in [5.74, 6) is 0.00439. The van der Waals surface area contributed by atoms with E-state index < -0.39 is 0 Å². The first-order chi connectivity index (χ1) is 11.7. The average Bonchev–Trinajstić information content (AvgIpc) is 2.88. The quantitative estimate of drug-likeness (QED) is 0.360. The lowest BCUT2D eigenvalue weighted by atomic mass is 9.97. The molecule has 1 heterocycles. The lowest BCUT2D eigenvalue weighted by molar-refractivity contribution is -0.121. The summed E-state index contributed by atoms with van der Waals surface area (Å²) in [4.78, 5) is 14.8. The van der Waals surface area contributed by atoms with Gasteiger partial charge >= 0.3 is 0 Å². The van der Waals surface area contributed by atoms with E-state index in [1.54, 1.807) is 4.90 Å². The van der Waals surface area contributed by atoms with Crippen LogP contribution in [0.1, 0.15) is 12.5 Å². The Bertz CT molecular complexity index is 1020. The summed E-state index contributed by atoms with van der Waals surface area (Å²) in [6, 6.07) is 18.8. The van der Waals surface area contributed by atoms with E-state index in [0.29, 0.717) is 15.8 Å². The van der Waals surface area contributed by atoms with E-state index in [1.165, 1.54) is 27.9 Å². The van der Waals surface area contributed by atoms with E-state index in [9.17, 15) is 4.79 Å². The number of rotatable bonds is 2. The highest BCUT2D eigenvalue weighted by Crippen LogP contribution is 2.35. The molecule has 0 aromatic heterocycles. The number of nitrogens with zero attached hydrogens (tertiary/aromatic N) is 1. The standard InChI is InChI=1S/C20H15NOS2/c1-2-21-19(22)18(24-20(21)23)12-14-11-13-7-3-4-8-15(13)17-10-6-5-9-16(14)17/h3-12H,2H2,1H3/b18-12+. The highest BCUT2D eigenvalue weighted by Gasteiger charge is 2.30. The monoisotopic (exact) mass is 349 g/mol. The van der Waals surface area contributed by atoms with Crippen molar-refractivity contribution in [3.8, 4) is 0 Å². The number of likely N-dealkylation sites (N-methyl/N-ethyl adjacent to an activating group) is 1. The molecule has 1 saturated heterocycles. The molecule has 1 amide bonds. The second-order valence-corrected chi connectivity index (χ2v) is 7.33. The van der Waals surface area contributed by atoms with Crippen LogP contribution in [0.5, 0.6) is 0 Å². The van der Waals surface area contributed by atoms with Crippen LogP contribution in [0.4, 0.5) is 0 Å². The van der Waals surface area contributed by atoms with Crippen LogP contribution in [0.25, 0.3) is 27.6 Å². The van der Waals surface area contributed by atoms with Gasteiger partial charge in [-0.2, -0.15) is 0 Å². The first-order valence-corrected chi connectivity index (χ1v) is 9.07. The predicted octanol–water partition coefficient (Wildman–Crippen LogP) is 5.21. The molecule has 4 heteroatoms. The van der Waals surface area contributed by atoms with Crippen molar-refractivity contribution in [3.63, 3.8) is 0 Å². The number of amides is 1. The Labute approximate surface area is 150 Å². The first kappa shape index (κ1) is 15.4. The van der Waals surface area contributed by atoms with E-state index in [1.807, 2.05) is 25.1 Å². The Morgan fingerprint density at radius 3 is 2.42 bits per heavy atom. The van der Waals surface area contributed by atoms with Gasteiger partial charge in [0.2, 0.25) is 0 Å². The second kappa shape index (κ2) is 6.04. The van der Waals surface area contributed by atoms with Crippen molar-refractivity contribution in [3.05, 3.63) is 65.1 Å². The van der Waals surface area contributed by atoms with Crippen LogP contribution in [-0.4, -0.2) is 21.7 Å². The fourth-order valence-electron chi connectivity index (χ4n) is 3.12. The summed E-state index contributed by atoms with van der Waals surface area (Å²) in [7, 11) is 0. The molecule has 0 bridgehead atoms. The van der Waals surface area contributed by atoms with Crippen LogP contribution in [-0.2, 0) is 4.79 Å². The van der Waals surface area contributed by atoms with Crippen molar-refractivity contribution in [1.29, 1.82) is 0 Å². The molecular weight excluding hydrogens is 334 g/mol. The molecule has 0 unspecified atom stereocenters. The van der Waals surface area contributed by atoms with Gasteiger partial charge in [0.25, 0.3) is 5.91 Å². The number of carbonyl (C=O) groups is 1. The molecule has 1 fully saturated rings. The van der Waals surface area contributed by atoms with Crippen molar-refractivity contribution < 1.29 is 4.79 Å². The van der Waals surface area contributed by atoms with Crippen LogP contribution >= 0.6 is 24.0 Å². The Balaban J connectivity index is 1.95. The summed E-state index contributed by atoms with van der Waals surface area (Å²) in [5, 5.41) is 4.76. The summed E-state index contributed by atoms with van der Waals surface area (Å²) < 4.78 is 0.638. The fraction of sp³-hybridized carbons (Fsp3) is 0.100. The highest BCUT2D eigenvalue weighted by molar-refractivity contribution is 8.26. The zero-order valence-corrected chi connectivity index (χ0v) is 14.8. The largest absolute Gasteiger partial charge is 0.293 e. The molecule has 118 valence electrons. The van der Waals surface area contributed by atoms with Gasteiger partial charge in [0.05, 0.1) is 4.91 Å². The summed E-state index contributed by atoms with van der Waals surface area (Å²) in [6.07, 6.45) is 1.98. The molecule has 2 nitrogen and oxygen atoms in total. The highest BCUT2D eigenvalue weighted by atomic mass is 32.2. The number of hydrogen-bond donors (Lipinski definition) is 0. The van der Waals surface area contributed by atoms with Gasteiger partial charge in [-0.15, -0.1) is 0 Å². The topological polar surface area (TPSA) is 20.3 Å². The van der Waals surface area contributed by atoms with Crippen LogP contribution < -0.4 is 0 Å². The van der Waals surface area contributed by atoms with E-state index in [2.05, 4.69) is 42.5 Å². The molecule has 24 heavy (non-hydrogen) atoms. The van der Waals surface area contributed by atoms with Crippen molar-refractivity contribution in [2.45, 2.75) is 6.92 Å². The molecule has 1 aliphatic rings. The minimum absolute atomic E-state index is 0.00439. The lowest BCUT2D eigenvalue weighted by Gasteiger charge is -2.10. The third kappa shape index (κ3) is 2.43. The van der Waals surface area contributed by atoms with Gasteiger partial charge < -0.3 is 0 Å². The van der Waals surface area contributed by atoms with E-state index in [4.69, 9.17) is 12.2 Å². The maximum Gasteiger partial charge on any atom is 0.266 e. The summed E-state index contributed by atoms with van der Waals surface area (Å²) >= 11 is 6.69. The van der Waals surface area contributed by atoms with Crippen LogP contribution in [0.15, 0.2) is 59.5 Å². The molecule has 3 aromatic rings. The van der Waals surface area contributed by atoms with E-state index in [0.717, 1.165) is 10.9 Å². The summed E-state index contributed by atoms with van der Waals surface area (Å²) in [6.45, 7) is 2.56. The van der Waals surface area contributed by atoms with Gasteiger partial charge in [-0.05, 0) is 46.2 Å². The third-order valence-corrected chi connectivity index (χ3v) is 5.65. The molecule has 0 saturated carbocycles. The average molecular weight is 349 g/mol. The van der Waals surface area contributed by atoms with Crippen molar-refractivity contribution >= 4 is 61.8 Å². The van der Waals surface area contributed by atoms with Crippen molar-refractivity contribution in [2.24, 2.45) is 0 Å². The second-order valence-electron chi connectivity index (χ2n) is 5.66. The number of fused-ring (bicyclic) bond motifs is 3. The van der Waals surface area contributed by atoms with Gasteiger partial charge in [0, 0.05) is 6.54 Å². The minimum atomic E-state index is 0.00439. The number of hydrogen-bond acceptors (Lipinski definition) is 3. The smallest absolute Gasteiger partial charge is 0.266 e. The van der Waals surface area contributed by atoms with Crippen LogP contribution in [0.2, 0.25) is 0 Å². The Morgan fingerprint density at radius 2 is 1.71 bits per heavy atom. The molecule has 0 spiro atoms. The Kier molecular flexibility index (Phi) is 3.87. The van der Waals surface area contributed by atoms with Crippen LogP contribution in [0, 0.1) is 0 Å². The molecule has 4 rings (SSSR count). The third-order valence-electron chi connectivity index (χ3n) is 4.28. The minimum Gasteiger partial charge on any atom is -0.293 e. The number of benzene rings is 3. The SMILES string of the molecule is CCN1C(=O)/C(=C\c2cc3ccccc3c3ccccc23)SC1=S. The number of thioether (sulfide) groups is 1. The molecule has 1 aliphatic heterocycles. The normalized spacial score (nSPS) is 16.7. The molecule has 0 radical (unpaired) electrons. The van der Waals surface area contributed by atoms with Gasteiger partial charge in [-0.1, -0.05) is 72.5 Å². The Hall–Kier alpha value is -2.17. The first-order valence-electron chi connectivity index (χ1n) is 7.85. The maximum absolute atomic E-state index is 12.5. The van der Waals surface area contributed by atoms with Gasteiger partial charge in [-0.25, -0.2) is 0 Å². The predicted molar refractivity (Wildman–Crippen MR) is 107 cm³/mol. The van der Waals surface area contributed by atoms with E-state index in [-0.39, 0.29) is 5.91 Å². The summed E-state index contributed by atoms with van der Waals surface area (Å²) in [5.41, 5.74) is 1.06. The van der Waals surface area contributed by atoms with Crippen molar-refractivity contribution in [2.75, 3.05) is 6.54 Å². The maximum atomic E-state index is 12.5. The Morgan fingerprint density at radius 1 is 1.04 bits per heavy atom. The molecule has 0 N–H and O–H groups in total. The zero-order chi connectivity index (χ0) is 16.7. The molecule has 0 atom stereocenters.